The fourth-order valence-electron chi connectivity index (χ4n) is 7.64. The van der Waals surface area contributed by atoms with E-state index in [0.29, 0.717) is 71.2 Å². The summed E-state index contributed by atoms with van der Waals surface area (Å²) in [5.41, 5.74) is 4.49. The first-order chi connectivity index (χ1) is 32.1. The average molecular weight is 953 g/mol. The van der Waals surface area contributed by atoms with Crippen LogP contribution in [0.4, 0.5) is 28.8 Å². The van der Waals surface area contributed by atoms with Crippen molar-refractivity contribution in [3.8, 4) is 39.7 Å². The standard InChI is InChI=1S/C48H54ClN9O8S/c1-7-50-47(62)44-43(45(66-56-44)34-23-33(28(2)3)38(59)24-39(34)60)31-14-12-30(13-15-31)26-57-18-20-58(21-19-57)27-42(61)52-32-16-17-40(65-6)37(22-32)54-48-51-25-35(49)46(55-48)53-36-10-8-9-11-41(36)67(63,64)29(4)5/h8-17,22-25,28-29,59-60H,7,18-21,26-27H2,1-6H3,(H,50,62)(H,52,61)(H2,51,53,54,55). The third-order valence-electron chi connectivity index (χ3n) is 11.3. The maximum absolute atomic E-state index is 13.3. The lowest BCUT2D eigenvalue weighted by Gasteiger charge is -2.34. The van der Waals surface area contributed by atoms with Crippen molar-refractivity contribution in [3.63, 3.8) is 0 Å². The molecular formula is C48H54ClN9O8S. The monoisotopic (exact) mass is 951 g/mol. The van der Waals surface area contributed by atoms with Gasteiger partial charge in [-0.2, -0.15) is 4.98 Å². The summed E-state index contributed by atoms with van der Waals surface area (Å²) in [6.07, 6.45) is 1.39. The van der Waals surface area contributed by atoms with Gasteiger partial charge in [0.25, 0.3) is 5.91 Å². The van der Waals surface area contributed by atoms with Gasteiger partial charge in [0.15, 0.2) is 27.1 Å². The van der Waals surface area contributed by atoms with Crippen molar-refractivity contribution in [1.29, 1.82) is 0 Å². The number of para-hydroxylation sites is 1. The van der Waals surface area contributed by atoms with E-state index in [1.165, 1.54) is 25.4 Å². The predicted molar refractivity (Wildman–Crippen MR) is 259 cm³/mol. The van der Waals surface area contributed by atoms with Gasteiger partial charge in [-0.25, -0.2) is 13.4 Å². The van der Waals surface area contributed by atoms with Gasteiger partial charge >= 0.3 is 0 Å². The van der Waals surface area contributed by atoms with E-state index in [2.05, 4.69) is 46.2 Å². The van der Waals surface area contributed by atoms with Gasteiger partial charge < -0.3 is 40.7 Å². The Hall–Kier alpha value is -6.73. The number of hydrogen-bond acceptors (Lipinski definition) is 15. The zero-order valence-electron chi connectivity index (χ0n) is 38.1. The molecule has 7 rings (SSSR count). The Labute approximate surface area is 394 Å². The summed E-state index contributed by atoms with van der Waals surface area (Å²) in [5.74, 6) is 0.144. The summed E-state index contributed by atoms with van der Waals surface area (Å²) in [5, 5.41) is 36.9. The van der Waals surface area contributed by atoms with E-state index in [-0.39, 0.29) is 63.0 Å². The maximum atomic E-state index is 13.3. The van der Waals surface area contributed by atoms with Crippen LogP contribution in [0.5, 0.6) is 17.2 Å². The van der Waals surface area contributed by atoms with Gasteiger partial charge in [0.05, 0.1) is 52.5 Å². The van der Waals surface area contributed by atoms with Crippen molar-refractivity contribution in [1.82, 2.24) is 30.2 Å². The van der Waals surface area contributed by atoms with Crippen LogP contribution in [0, 0.1) is 0 Å². The number of benzene rings is 4. The molecule has 67 heavy (non-hydrogen) atoms. The fourth-order valence-corrected chi connectivity index (χ4v) is 8.98. The second-order valence-electron chi connectivity index (χ2n) is 16.6. The minimum absolute atomic E-state index is 0.0344. The average Bonchev–Trinajstić information content (AvgIpc) is 3.74. The molecule has 19 heteroatoms. The van der Waals surface area contributed by atoms with Gasteiger partial charge in [0.1, 0.15) is 22.3 Å². The Bertz CT molecular complexity index is 2870. The van der Waals surface area contributed by atoms with Gasteiger partial charge in [0, 0.05) is 51.0 Å². The van der Waals surface area contributed by atoms with Crippen LogP contribution in [0.3, 0.4) is 0 Å². The zero-order chi connectivity index (χ0) is 48.0. The molecule has 1 saturated heterocycles. The third-order valence-corrected chi connectivity index (χ3v) is 13.8. The Morgan fingerprint density at radius 2 is 1.61 bits per heavy atom. The van der Waals surface area contributed by atoms with Crippen LogP contribution in [-0.4, -0.2) is 107 Å². The molecule has 0 unspecified atom stereocenters. The molecule has 3 heterocycles. The van der Waals surface area contributed by atoms with Gasteiger partial charge in [-0.15, -0.1) is 0 Å². The summed E-state index contributed by atoms with van der Waals surface area (Å²) in [7, 11) is -2.10. The zero-order valence-corrected chi connectivity index (χ0v) is 39.6. The van der Waals surface area contributed by atoms with E-state index >= 15 is 0 Å². The van der Waals surface area contributed by atoms with E-state index in [1.54, 1.807) is 56.3 Å². The van der Waals surface area contributed by atoms with E-state index in [1.807, 2.05) is 45.0 Å². The number of methoxy groups -OCH3 is 1. The van der Waals surface area contributed by atoms with Crippen LogP contribution < -0.4 is 26.0 Å². The lowest BCUT2D eigenvalue weighted by Crippen LogP contribution is -2.48. The summed E-state index contributed by atoms with van der Waals surface area (Å²) < 4.78 is 37.4. The molecule has 0 saturated carbocycles. The van der Waals surface area contributed by atoms with Gasteiger partial charge in [-0.1, -0.05) is 67.0 Å². The van der Waals surface area contributed by atoms with Crippen molar-refractivity contribution >= 4 is 62.1 Å². The number of phenols is 2. The topological polar surface area (TPSA) is 224 Å². The number of rotatable bonds is 17. The van der Waals surface area contributed by atoms with Crippen LogP contribution in [0.15, 0.2) is 94.5 Å². The SMILES string of the molecule is CCNC(=O)c1noc(-c2cc(C(C)C)c(O)cc2O)c1-c1ccc(CN2CCN(CC(=O)Nc3ccc(OC)c(Nc4ncc(Cl)c(Nc5ccccc5S(=O)(=O)C(C)C)n4)c3)CC2)cc1. The van der Waals surface area contributed by atoms with Crippen LogP contribution >= 0.6 is 11.6 Å². The summed E-state index contributed by atoms with van der Waals surface area (Å²) in [6.45, 7) is 13.0. The Balaban J connectivity index is 0.964. The number of nitrogens with zero attached hydrogens (tertiary/aromatic N) is 5. The number of ether oxygens (including phenoxy) is 1. The molecule has 6 N–H and O–H groups in total. The highest BCUT2D eigenvalue weighted by molar-refractivity contribution is 7.92. The molecule has 2 aromatic heterocycles. The Morgan fingerprint density at radius 1 is 0.896 bits per heavy atom. The minimum Gasteiger partial charge on any atom is -0.508 e. The molecule has 1 aliphatic rings. The van der Waals surface area contributed by atoms with Crippen LogP contribution in [-0.2, 0) is 21.2 Å². The largest absolute Gasteiger partial charge is 0.508 e. The van der Waals surface area contributed by atoms with Crippen LogP contribution in [0.25, 0.3) is 22.5 Å². The number of carbonyl (C=O) groups excluding carboxylic acids is 2. The van der Waals surface area contributed by atoms with Crippen molar-refractivity contribution in [2.45, 2.75) is 57.2 Å². The summed E-state index contributed by atoms with van der Waals surface area (Å²) >= 11 is 6.45. The molecule has 2 amide bonds. The van der Waals surface area contributed by atoms with E-state index in [0.717, 1.165) is 18.7 Å². The Morgan fingerprint density at radius 3 is 2.30 bits per heavy atom. The molecule has 1 aliphatic heterocycles. The number of amides is 2. The van der Waals surface area contributed by atoms with Gasteiger partial charge in [0.2, 0.25) is 11.9 Å². The highest BCUT2D eigenvalue weighted by Gasteiger charge is 2.28. The maximum Gasteiger partial charge on any atom is 0.274 e. The van der Waals surface area contributed by atoms with Crippen LogP contribution in [0.1, 0.15) is 62.2 Å². The molecule has 4 aromatic carbocycles. The number of anilines is 5. The molecule has 0 bridgehead atoms. The highest BCUT2D eigenvalue weighted by atomic mass is 35.5. The molecule has 0 atom stereocenters. The fraction of sp³-hybridized carbons (Fsp3) is 0.312. The number of aromatic nitrogens is 3. The van der Waals surface area contributed by atoms with Crippen molar-refractivity contribution in [2.24, 2.45) is 0 Å². The molecule has 17 nitrogen and oxygen atoms in total. The minimum atomic E-state index is -3.61. The van der Waals surface area contributed by atoms with Crippen molar-refractivity contribution in [3.05, 3.63) is 107 Å². The molecule has 0 spiro atoms. The lowest BCUT2D eigenvalue weighted by molar-refractivity contribution is -0.117. The normalized spacial score (nSPS) is 13.4. The first-order valence-electron chi connectivity index (χ1n) is 21.8. The third kappa shape index (κ3) is 11.1. The molecule has 0 radical (unpaired) electrons. The molecule has 352 valence electrons. The molecule has 6 aromatic rings. The number of carbonyl (C=O) groups is 2. The van der Waals surface area contributed by atoms with Gasteiger partial charge in [-0.05, 0) is 79.8 Å². The number of aromatic hydroxyl groups is 2. The summed E-state index contributed by atoms with van der Waals surface area (Å²) in [6, 6.07) is 22.4. The second-order valence-corrected chi connectivity index (χ2v) is 19.5. The molecule has 1 fully saturated rings. The van der Waals surface area contributed by atoms with Crippen molar-refractivity contribution < 1.29 is 37.5 Å². The number of nitrogens with one attached hydrogen (secondary N) is 4. The highest BCUT2D eigenvalue weighted by Crippen LogP contribution is 2.43. The van der Waals surface area contributed by atoms with Crippen molar-refractivity contribution in [2.75, 3.05) is 62.3 Å². The van der Waals surface area contributed by atoms with Gasteiger partial charge in [-0.3, -0.25) is 19.4 Å². The van der Waals surface area contributed by atoms with E-state index < -0.39 is 21.0 Å². The lowest BCUT2D eigenvalue weighted by atomic mass is 9.94. The second kappa shape index (κ2) is 20.8. The number of sulfone groups is 1. The molecular weight excluding hydrogens is 898 g/mol. The van der Waals surface area contributed by atoms with E-state index in [4.69, 9.17) is 20.9 Å². The number of phenolic OH excluding ortho intramolecular Hbond substituents is 2. The first kappa shape index (κ1) is 48.2. The Kier molecular flexibility index (Phi) is 15.0. The quantitative estimate of drug-likeness (QED) is 0.0507. The first-order valence-corrected chi connectivity index (χ1v) is 23.7. The number of halogens is 1. The smallest absolute Gasteiger partial charge is 0.274 e. The van der Waals surface area contributed by atoms with E-state index in [9.17, 15) is 28.2 Å². The number of hydrogen-bond donors (Lipinski definition) is 6. The predicted octanol–water partition coefficient (Wildman–Crippen LogP) is 8.17. The summed E-state index contributed by atoms with van der Waals surface area (Å²) in [4.78, 5) is 39.8. The number of piperazine rings is 1. The molecule has 0 aliphatic carbocycles. The van der Waals surface area contributed by atoms with Crippen LogP contribution in [0.2, 0.25) is 5.02 Å².